The Hall–Kier alpha value is -3.59. The highest BCUT2D eigenvalue weighted by molar-refractivity contribution is 6.31. The highest BCUT2D eigenvalue weighted by Gasteiger charge is 2.45. The number of aromatic nitrogens is 2. The molecule has 34 heavy (non-hydrogen) atoms. The van der Waals surface area contributed by atoms with Gasteiger partial charge in [-0.05, 0) is 46.9 Å². The van der Waals surface area contributed by atoms with Crippen molar-refractivity contribution in [2.75, 3.05) is 0 Å². The molecule has 0 radical (unpaired) electrons. The summed E-state index contributed by atoms with van der Waals surface area (Å²) in [5.41, 5.74) is 1.68. The standard InChI is InChI=1S/C24H18ClF3N2O4/c1-12(17-5-3-13(8-18(17)25)15-7-16(22(31)32)11-29-10-15)21(24(26,27)28)14-4-6-20-19(9-14)30(2)23(33)34-20/h3-12,21H,1-2H3,(H,31,32). The van der Waals surface area contributed by atoms with Crippen LogP contribution in [-0.2, 0) is 7.05 Å². The van der Waals surface area contributed by atoms with Crippen molar-refractivity contribution in [3.63, 3.8) is 0 Å². The van der Waals surface area contributed by atoms with Gasteiger partial charge < -0.3 is 9.52 Å². The number of hydrogen-bond donors (Lipinski definition) is 1. The van der Waals surface area contributed by atoms with Gasteiger partial charge in [-0.25, -0.2) is 9.59 Å². The van der Waals surface area contributed by atoms with Gasteiger partial charge in [0.2, 0.25) is 0 Å². The van der Waals surface area contributed by atoms with Crippen molar-refractivity contribution in [1.82, 2.24) is 9.55 Å². The van der Waals surface area contributed by atoms with E-state index < -0.39 is 29.7 Å². The van der Waals surface area contributed by atoms with Gasteiger partial charge in [0.25, 0.3) is 0 Å². The first kappa shape index (κ1) is 23.6. The largest absolute Gasteiger partial charge is 0.478 e. The van der Waals surface area contributed by atoms with E-state index in [-0.39, 0.29) is 32.8 Å². The number of hydrogen-bond acceptors (Lipinski definition) is 4. The van der Waals surface area contributed by atoms with Crippen LogP contribution in [-0.4, -0.2) is 26.8 Å². The van der Waals surface area contributed by atoms with Gasteiger partial charge in [-0.1, -0.05) is 36.7 Å². The van der Waals surface area contributed by atoms with Crippen molar-refractivity contribution in [2.45, 2.75) is 24.9 Å². The summed E-state index contributed by atoms with van der Waals surface area (Å²) in [6, 6.07) is 9.94. The molecule has 176 valence electrons. The Bertz CT molecular complexity index is 1460. The number of benzene rings is 2. The molecular formula is C24H18ClF3N2O4. The van der Waals surface area contributed by atoms with Crippen molar-refractivity contribution in [1.29, 1.82) is 0 Å². The first-order valence-electron chi connectivity index (χ1n) is 10.1. The van der Waals surface area contributed by atoms with Crippen molar-refractivity contribution < 1.29 is 27.5 Å². The molecule has 0 fully saturated rings. The van der Waals surface area contributed by atoms with Gasteiger partial charge in [0.15, 0.2) is 5.58 Å². The van der Waals surface area contributed by atoms with Gasteiger partial charge >= 0.3 is 17.9 Å². The highest BCUT2D eigenvalue weighted by Crippen LogP contribution is 2.47. The van der Waals surface area contributed by atoms with Gasteiger partial charge in [0, 0.05) is 30.0 Å². The second kappa shape index (κ2) is 8.64. The van der Waals surface area contributed by atoms with E-state index in [0.717, 1.165) is 4.57 Å². The van der Waals surface area contributed by atoms with Crippen LogP contribution in [0.3, 0.4) is 0 Å². The number of pyridine rings is 1. The maximum absolute atomic E-state index is 14.2. The van der Waals surface area contributed by atoms with E-state index in [1.807, 2.05) is 0 Å². The first-order valence-corrected chi connectivity index (χ1v) is 10.5. The fourth-order valence-electron chi connectivity index (χ4n) is 4.07. The van der Waals surface area contributed by atoms with Crippen LogP contribution in [0.15, 0.2) is 64.1 Å². The molecule has 0 spiro atoms. The number of aryl methyl sites for hydroxylation is 1. The van der Waals surface area contributed by atoms with Crippen molar-refractivity contribution >= 4 is 28.7 Å². The van der Waals surface area contributed by atoms with E-state index in [0.29, 0.717) is 11.1 Å². The van der Waals surface area contributed by atoms with Crippen LogP contribution in [0, 0.1) is 0 Å². The van der Waals surface area contributed by atoms with Crippen LogP contribution in [0.2, 0.25) is 5.02 Å². The zero-order chi connectivity index (χ0) is 24.8. The molecule has 2 heterocycles. The normalized spacial score (nSPS) is 13.7. The Morgan fingerprint density at radius 3 is 2.50 bits per heavy atom. The molecule has 0 saturated heterocycles. The summed E-state index contributed by atoms with van der Waals surface area (Å²) in [6.07, 6.45) is -1.95. The smallest absolute Gasteiger partial charge is 0.419 e. The lowest BCUT2D eigenvalue weighted by atomic mass is 9.81. The Kier molecular flexibility index (Phi) is 5.99. The SMILES string of the molecule is CC(c1ccc(-c2cncc(C(=O)O)c2)cc1Cl)C(c1ccc2oc(=O)n(C)c2c1)C(F)(F)F. The zero-order valence-electron chi connectivity index (χ0n) is 17.9. The fourth-order valence-corrected chi connectivity index (χ4v) is 4.42. The second-order valence-corrected chi connectivity index (χ2v) is 8.37. The molecule has 4 rings (SSSR count). The zero-order valence-corrected chi connectivity index (χ0v) is 18.7. The summed E-state index contributed by atoms with van der Waals surface area (Å²) in [5.74, 6) is -4.77. The molecule has 0 aliphatic heterocycles. The second-order valence-electron chi connectivity index (χ2n) is 7.97. The predicted octanol–water partition coefficient (Wildman–Crippen LogP) is 5.99. The number of oxazole rings is 1. The summed E-state index contributed by atoms with van der Waals surface area (Å²) >= 11 is 6.42. The molecule has 2 unspecified atom stereocenters. The number of nitrogens with zero attached hydrogens (tertiary/aromatic N) is 2. The van der Waals surface area contributed by atoms with Gasteiger partial charge in [-0.15, -0.1) is 0 Å². The average Bonchev–Trinajstić information content (AvgIpc) is 3.06. The molecule has 2 aromatic carbocycles. The quantitative estimate of drug-likeness (QED) is 0.371. The summed E-state index contributed by atoms with van der Waals surface area (Å²) in [7, 11) is 1.42. The maximum atomic E-state index is 14.2. The Labute approximate surface area is 196 Å². The van der Waals surface area contributed by atoms with E-state index in [9.17, 15) is 22.8 Å². The van der Waals surface area contributed by atoms with E-state index >= 15 is 0 Å². The first-order chi connectivity index (χ1) is 16.0. The molecule has 0 saturated carbocycles. The molecule has 6 nitrogen and oxygen atoms in total. The van der Waals surface area contributed by atoms with Crippen LogP contribution in [0.4, 0.5) is 13.2 Å². The minimum Gasteiger partial charge on any atom is -0.478 e. The fraction of sp³-hybridized carbons (Fsp3) is 0.208. The molecule has 0 bridgehead atoms. The lowest BCUT2D eigenvalue weighted by Crippen LogP contribution is -2.26. The number of carboxylic acid groups (broad SMARTS) is 1. The third kappa shape index (κ3) is 4.31. The molecule has 2 aromatic heterocycles. The van der Waals surface area contributed by atoms with E-state index in [1.54, 1.807) is 6.07 Å². The molecule has 10 heteroatoms. The molecule has 0 amide bonds. The van der Waals surface area contributed by atoms with Crippen LogP contribution in [0.5, 0.6) is 0 Å². The molecule has 1 N–H and O–H groups in total. The number of alkyl halides is 3. The molecule has 4 aromatic rings. The van der Waals surface area contributed by atoms with E-state index in [1.165, 1.54) is 62.8 Å². The topological polar surface area (TPSA) is 85.3 Å². The maximum Gasteiger partial charge on any atom is 0.419 e. The number of rotatable bonds is 5. The third-order valence-electron chi connectivity index (χ3n) is 5.84. The molecule has 0 aliphatic carbocycles. The highest BCUT2D eigenvalue weighted by atomic mass is 35.5. The van der Waals surface area contributed by atoms with Crippen LogP contribution >= 0.6 is 11.6 Å². The van der Waals surface area contributed by atoms with Crippen LogP contribution < -0.4 is 5.76 Å². The summed E-state index contributed by atoms with van der Waals surface area (Å²) in [4.78, 5) is 26.8. The third-order valence-corrected chi connectivity index (χ3v) is 6.16. The predicted molar refractivity (Wildman–Crippen MR) is 120 cm³/mol. The number of fused-ring (bicyclic) bond motifs is 1. The lowest BCUT2D eigenvalue weighted by molar-refractivity contribution is -0.154. The number of halogens is 4. The van der Waals surface area contributed by atoms with Crippen molar-refractivity contribution in [3.05, 3.63) is 87.1 Å². The monoisotopic (exact) mass is 490 g/mol. The Morgan fingerprint density at radius 1 is 1.12 bits per heavy atom. The van der Waals surface area contributed by atoms with Gasteiger partial charge in [0.05, 0.1) is 17.0 Å². The van der Waals surface area contributed by atoms with Gasteiger partial charge in [-0.3, -0.25) is 9.55 Å². The molecular weight excluding hydrogens is 473 g/mol. The lowest BCUT2D eigenvalue weighted by Gasteiger charge is -2.28. The van der Waals surface area contributed by atoms with Crippen LogP contribution in [0.25, 0.3) is 22.2 Å². The van der Waals surface area contributed by atoms with Crippen molar-refractivity contribution in [2.24, 2.45) is 7.05 Å². The average molecular weight is 491 g/mol. The van der Waals surface area contributed by atoms with Crippen LogP contribution in [0.1, 0.15) is 40.2 Å². The molecule has 0 aliphatic rings. The minimum atomic E-state index is -4.60. The Balaban J connectivity index is 1.75. The van der Waals surface area contributed by atoms with E-state index in [4.69, 9.17) is 21.1 Å². The number of carbonyl (C=O) groups is 1. The number of aromatic carboxylic acids is 1. The Morgan fingerprint density at radius 2 is 1.85 bits per heavy atom. The van der Waals surface area contributed by atoms with Gasteiger partial charge in [-0.2, -0.15) is 13.2 Å². The number of carboxylic acids is 1. The van der Waals surface area contributed by atoms with Crippen molar-refractivity contribution in [3.8, 4) is 11.1 Å². The molecule has 2 atom stereocenters. The summed E-state index contributed by atoms with van der Waals surface area (Å²) < 4.78 is 48.9. The minimum absolute atomic E-state index is 0.0211. The summed E-state index contributed by atoms with van der Waals surface area (Å²) in [6.45, 7) is 1.43. The van der Waals surface area contributed by atoms with Gasteiger partial charge in [0.1, 0.15) is 0 Å². The summed E-state index contributed by atoms with van der Waals surface area (Å²) in [5, 5.41) is 9.27. The van der Waals surface area contributed by atoms with E-state index in [2.05, 4.69) is 4.98 Å².